The van der Waals surface area contributed by atoms with E-state index in [1.807, 2.05) is 44.2 Å². The topological polar surface area (TPSA) is 46.9 Å². The van der Waals surface area contributed by atoms with Gasteiger partial charge in [-0.2, -0.15) is 5.10 Å². The first kappa shape index (κ1) is 17.5. The fourth-order valence-corrected chi connectivity index (χ4v) is 3.20. The standard InChI is InChI=1S/C19H17Cl2N3O/c1-12-18(13(2)24(23-12)16-6-4-3-5-7-16)19(25)22-11-14-8-9-15(20)10-17(14)21/h3-10H,11H2,1-2H3,(H,22,25). The molecule has 1 heterocycles. The first-order valence-electron chi connectivity index (χ1n) is 7.81. The lowest BCUT2D eigenvalue weighted by atomic mass is 10.1. The van der Waals surface area contributed by atoms with Gasteiger partial charge in [0.2, 0.25) is 0 Å². The fraction of sp³-hybridized carbons (Fsp3) is 0.158. The summed E-state index contributed by atoms with van der Waals surface area (Å²) in [5, 5.41) is 8.49. The second-order valence-corrected chi connectivity index (χ2v) is 6.56. The number of aryl methyl sites for hydroxylation is 1. The lowest BCUT2D eigenvalue weighted by molar-refractivity contribution is 0.0949. The van der Waals surface area contributed by atoms with E-state index in [1.54, 1.807) is 22.9 Å². The Balaban J connectivity index is 1.82. The van der Waals surface area contributed by atoms with E-state index in [2.05, 4.69) is 10.4 Å². The molecule has 1 aromatic heterocycles. The minimum atomic E-state index is -0.178. The van der Waals surface area contributed by atoms with Gasteiger partial charge in [-0.15, -0.1) is 0 Å². The molecule has 0 atom stereocenters. The summed E-state index contributed by atoms with van der Waals surface area (Å²) in [6, 6.07) is 14.9. The van der Waals surface area contributed by atoms with Gasteiger partial charge in [0.25, 0.3) is 5.91 Å². The van der Waals surface area contributed by atoms with Gasteiger partial charge in [0.05, 0.1) is 22.6 Å². The number of hydrogen-bond donors (Lipinski definition) is 1. The average molecular weight is 374 g/mol. The number of nitrogens with one attached hydrogen (secondary N) is 1. The van der Waals surface area contributed by atoms with Crippen molar-refractivity contribution in [3.63, 3.8) is 0 Å². The van der Waals surface area contributed by atoms with Crippen LogP contribution in [0.1, 0.15) is 27.3 Å². The maximum absolute atomic E-state index is 12.6. The van der Waals surface area contributed by atoms with E-state index in [0.717, 1.165) is 16.9 Å². The van der Waals surface area contributed by atoms with Crippen LogP contribution in [-0.2, 0) is 6.54 Å². The summed E-state index contributed by atoms with van der Waals surface area (Å²) in [4.78, 5) is 12.6. The number of benzene rings is 2. The molecule has 0 saturated carbocycles. The van der Waals surface area contributed by atoms with Crippen molar-refractivity contribution in [3.05, 3.63) is 81.1 Å². The number of carbonyl (C=O) groups excluding carboxylic acids is 1. The molecule has 0 aliphatic carbocycles. The van der Waals surface area contributed by atoms with E-state index in [0.29, 0.717) is 27.8 Å². The highest BCUT2D eigenvalue weighted by atomic mass is 35.5. The zero-order valence-electron chi connectivity index (χ0n) is 13.9. The molecule has 25 heavy (non-hydrogen) atoms. The molecule has 6 heteroatoms. The second-order valence-electron chi connectivity index (χ2n) is 5.71. The van der Waals surface area contributed by atoms with Crippen LogP contribution < -0.4 is 5.32 Å². The molecule has 1 N–H and O–H groups in total. The van der Waals surface area contributed by atoms with Crippen LogP contribution in [0.3, 0.4) is 0 Å². The van der Waals surface area contributed by atoms with Gasteiger partial charge in [-0.05, 0) is 43.7 Å². The number of rotatable bonds is 4. The van der Waals surface area contributed by atoms with E-state index in [-0.39, 0.29) is 5.91 Å². The molecule has 0 radical (unpaired) electrons. The molecule has 0 fully saturated rings. The monoisotopic (exact) mass is 373 g/mol. The highest BCUT2D eigenvalue weighted by Crippen LogP contribution is 2.22. The number of carbonyl (C=O) groups is 1. The van der Waals surface area contributed by atoms with Crippen LogP contribution in [-0.4, -0.2) is 15.7 Å². The number of amides is 1. The molecule has 128 valence electrons. The quantitative estimate of drug-likeness (QED) is 0.718. The highest BCUT2D eigenvalue weighted by Gasteiger charge is 2.19. The van der Waals surface area contributed by atoms with Gasteiger partial charge in [0.1, 0.15) is 0 Å². The smallest absolute Gasteiger partial charge is 0.255 e. The Labute approximate surface area is 156 Å². The van der Waals surface area contributed by atoms with Crippen LogP contribution in [0.4, 0.5) is 0 Å². The molecular weight excluding hydrogens is 357 g/mol. The third kappa shape index (κ3) is 3.70. The van der Waals surface area contributed by atoms with E-state index < -0.39 is 0 Å². The van der Waals surface area contributed by atoms with Crippen molar-refractivity contribution in [2.24, 2.45) is 0 Å². The van der Waals surface area contributed by atoms with E-state index in [1.165, 1.54) is 0 Å². The molecule has 0 aliphatic heterocycles. The van der Waals surface area contributed by atoms with Crippen molar-refractivity contribution < 1.29 is 4.79 Å². The number of para-hydroxylation sites is 1. The molecule has 0 saturated heterocycles. The summed E-state index contributed by atoms with van der Waals surface area (Å²) in [6.45, 7) is 4.04. The Kier molecular flexibility index (Phi) is 5.11. The fourth-order valence-electron chi connectivity index (χ4n) is 2.72. The van der Waals surface area contributed by atoms with Gasteiger partial charge in [-0.1, -0.05) is 47.5 Å². The Hall–Kier alpha value is -2.30. The van der Waals surface area contributed by atoms with Crippen LogP contribution in [0, 0.1) is 13.8 Å². The van der Waals surface area contributed by atoms with Gasteiger partial charge >= 0.3 is 0 Å². The molecule has 3 aromatic rings. The van der Waals surface area contributed by atoms with Crippen molar-refractivity contribution in [2.75, 3.05) is 0 Å². The number of hydrogen-bond acceptors (Lipinski definition) is 2. The maximum atomic E-state index is 12.6. The highest BCUT2D eigenvalue weighted by molar-refractivity contribution is 6.35. The Morgan fingerprint density at radius 2 is 1.84 bits per heavy atom. The molecule has 0 unspecified atom stereocenters. The second kappa shape index (κ2) is 7.30. The van der Waals surface area contributed by atoms with Crippen LogP contribution >= 0.6 is 23.2 Å². The number of aromatic nitrogens is 2. The summed E-state index contributed by atoms with van der Waals surface area (Å²) in [6.07, 6.45) is 0. The largest absolute Gasteiger partial charge is 0.348 e. The Morgan fingerprint density at radius 1 is 1.12 bits per heavy atom. The molecule has 1 amide bonds. The summed E-state index contributed by atoms with van der Waals surface area (Å²) in [5.41, 5.74) is 3.78. The van der Waals surface area contributed by atoms with Gasteiger partial charge in [0.15, 0.2) is 0 Å². The van der Waals surface area contributed by atoms with Gasteiger partial charge in [-0.3, -0.25) is 4.79 Å². The molecule has 2 aromatic carbocycles. The van der Waals surface area contributed by atoms with Crippen molar-refractivity contribution in [1.82, 2.24) is 15.1 Å². The zero-order chi connectivity index (χ0) is 18.0. The predicted molar refractivity (Wildman–Crippen MR) is 101 cm³/mol. The lowest BCUT2D eigenvalue weighted by Gasteiger charge is -2.08. The molecule has 4 nitrogen and oxygen atoms in total. The average Bonchev–Trinajstić information content (AvgIpc) is 2.89. The minimum Gasteiger partial charge on any atom is -0.348 e. The maximum Gasteiger partial charge on any atom is 0.255 e. The Bertz CT molecular complexity index is 920. The van der Waals surface area contributed by atoms with Crippen molar-refractivity contribution in [1.29, 1.82) is 0 Å². The third-order valence-corrected chi connectivity index (χ3v) is 4.56. The van der Waals surface area contributed by atoms with Crippen molar-refractivity contribution in [2.45, 2.75) is 20.4 Å². The lowest BCUT2D eigenvalue weighted by Crippen LogP contribution is -2.24. The van der Waals surface area contributed by atoms with Crippen LogP contribution in [0.25, 0.3) is 5.69 Å². The van der Waals surface area contributed by atoms with Gasteiger partial charge in [-0.25, -0.2) is 4.68 Å². The molecule has 3 rings (SSSR count). The van der Waals surface area contributed by atoms with E-state index in [4.69, 9.17) is 23.2 Å². The summed E-state index contributed by atoms with van der Waals surface area (Å²) < 4.78 is 1.78. The third-order valence-electron chi connectivity index (χ3n) is 3.97. The molecule has 0 spiro atoms. The molecular formula is C19H17Cl2N3O. The SMILES string of the molecule is Cc1nn(-c2ccccc2)c(C)c1C(=O)NCc1ccc(Cl)cc1Cl. The minimum absolute atomic E-state index is 0.178. The van der Waals surface area contributed by atoms with Crippen LogP contribution in [0.15, 0.2) is 48.5 Å². The zero-order valence-corrected chi connectivity index (χ0v) is 15.4. The van der Waals surface area contributed by atoms with Gasteiger partial charge < -0.3 is 5.32 Å². The van der Waals surface area contributed by atoms with Crippen molar-refractivity contribution in [3.8, 4) is 5.69 Å². The first-order valence-corrected chi connectivity index (χ1v) is 8.56. The Morgan fingerprint density at radius 3 is 2.52 bits per heavy atom. The summed E-state index contributed by atoms with van der Waals surface area (Å²) in [5.74, 6) is -0.178. The molecule has 0 bridgehead atoms. The molecule has 0 aliphatic rings. The van der Waals surface area contributed by atoms with E-state index in [9.17, 15) is 4.79 Å². The van der Waals surface area contributed by atoms with Crippen molar-refractivity contribution >= 4 is 29.1 Å². The number of halogens is 2. The van der Waals surface area contributed by atoms with Crippen LogP contribution in [0.5, 0.6) is 0 Å². The number of nitrogens with zero attached hydrogens (tertiary/aromatic N) is 2. The van der Waals surface area contributed by atoms with Crippen LogP contribution in [0.2, 0.25) is 10.0 Å². The van der Waals surface area contributed by atoms with Gasteiger partial charge in [0, 0.05) is 16.6 Å². The van der Waals surface area contributed by atoms with E-state index >= 15 is 0 Å². The summed E-state index contributed by atoms with van der Waals surface area (Å²) in [7, 11) is 0. The normalized spacial score (nSPS) is 10.7. The summed E-state index contributed by atoms with van der Waals surface area (Å²) >= 11 is 12.0. The predicted octanol–water partition coefficient (Wildman–Crippen LogP) is 4.73. The first-order chi connectivity index (χ1) is 12.0.